The van der Waals surface area contributed by atoms with Gasteiger partial charge >= 0.3 is 6.61 Å². The normalized spacial score (nSPS) is 10.9. The standard InChI is InChI=1S/C22H23F2N3O4S/c1-14-20(21(29)27(26(14)2)16-7-5-4-6-8-16)25-19(28)13-32-12-15-9-10-17(31-22(23)24)18(11-15)30-3/h4-11,22H,12-13H2,1-3H3,(H,25,28). The van der Waals surface area contributed by atoms with Crippen molar-refractivity contribution in [1.82, 2.24) is 9.36 Å². The van der Waals surface area contributed by atoms with E-state index in [1.807, 2.05) is 30.3 Å². The van der Waals surface area contributed by atoms with Crippen LogP contribution in [0.25, 0.3) is 5.69 Å². The van der Waals surface area contributed by atoms with Crippen molar-refractivity contribution < 1.29 is 23.0 Å². The van der Waals surface area contributed by atoms with Gasteiger partial charge in [-0.1, -0.05) is 24.3 Å². The van der Waals surface area contributed by atoms with Crippen LogP contribution in [0.4, 0.5) is 14.5 Å². The maximum Gasteiger partial charge on any atom is 0.387 e. The lowest BCUT2D eigenvalue weighted by molar-refractivity contribution is -0.113. The van der Waals surface area contributed by atoms with E-state index < -0.39 is 6.61 Å². The molecule has 0 fully saturated rings. The fourth-order valence-electron chi connectivity index (χ4n) is 3.14. The molecule has 170 valence electrons. The fourth-order valence-corrected chi connectivity index (χ4v) is 3.92. The highest BCUT2D eigenvalue weighted by Gasteiger charge is 2.18. The van der Waals surface area contributed by atoms with Crippen LogP contribution in [0.2, 0.25) is 0 Å². The molecule has 0 spiro atoms. The molecular formula is C22H23F2N3O4S. The molecule has 1 N–H and O–H groups in total. The van der Waals surface area contributed by atoms with E-state index in [0.717, 1.165) is 5.56 Å². The first kappa shape index (κ1) is 23.4. The zero-order valence-corrected chi connectivity index (χ0v) is 18.6. The van der Waals surface area contributed by atoms with Crippen molar-refractivity contribution in [2.45, 2.75) is 19.3 Å². The molecule has 10 heteroatoms. The summed E-state index contributed by atoms with van der Waals surface area (Å²) in [6, 6.07) is 13.8. The highest BCUT2D eigenvalue weighted by molar-refractivity contribution is 7.99. The van der Waals surface area contributed by atoms with E-state index in [1.54, 1.807) is 30.8 Å². The molecule has 0 aliphatic carbocycles. The van der Waals surface area contributed by atoms with Crippen molar-refractivity contribution in [3.8, 4) is 17.2 Å². The number of hydrogen-bond donors (Lipinski definition) is 1. The Balaban J connectivity index is 1.63. The van der Waals surface area contributed by atoms with Gasteiger partial charge in [0.25, 0.3) is 5.56 Å². The number of ether oxygens (including phenoxy) is 2. The van der Waals surface area contributed by atoms with Crippen LogP contribution < -0.4 is 20.3 Å². The van der Waals surface area contributed by atoms with Gasteiger partial charge in [0.1, 0.15) is 5.69 Å². The van der Waals surface area contributed by atoms with Crippen LogP contribution >= 0.6 is 11.8 Å². The maximum absolute atomic E-state index is 12.9. The van der Waals surface area contributed by atoms with Gasteiger partial charge in [0.2, 0.25) is 5.91 Å². The van der Waals surface area contributed by atoms with Gasteiger partial charge in [-0.3, -0.25) is 14.3 Å². The zero-order valence-electron chi connectivity index (χ0n) is 17.8. The van der Waals surface area contributed by atoms with Crippen molar-refractivity contribution in [2.24, 2.45) is 7.05 Å². The molecule has 7 nitrogen and oxygen atoms in total. The molecule has 3 aromatic rings. The Morgan fingerprint density at radius 2 is 1.88 bits per heavy atom. The number of thioether (sulfide) groups is 1. The highest BCUT2D eigenvalue weighted by atomic mass is 32.2. The molecule has 1 aromatic heterocycles. The number of rotatable bonds is 9. The Morgan fingerprint density at radius 3 is 2.53 bits per heavy atom. The molecule has 0 radical (unpaired) electrons. The second-order valence-electron chi connectivity index (χ2n) is 6.84. The maximum atomic E-state index is 12.9. The summed E-state index contributed by atoms with van der Waals surface area (Å²) in [6.07, 6.45) is 0. The average molecular weight is 464 g/mol. The lowest BCUT2D eigenvalue weighted by atomic mass is 10.2. The third kappa shape index (κ3) is 5.31. The number of alkyl halides is 2. The summed E-state index contributed by atoms with van der Waals surface area (Å²) >= 11 is 1.32. The van der Waals surface area contributed by atoms with E-state index in [0.29, 0.717) is 17.1 Å². The number of nitrogens with zero attached hydrogens (tertiary/aromatic N) is 2. The molecule has 1 amide bonds. The number of amides is 1. The summed E-state index contributed by atoms with van der Waals surface area (Å²) in [7, 11) is 3.12. The second-order valence-corrected chi connectivity index (χ2v) is 7.83. The van der Waals surface area contributed by atoms with Crippen molar-refractivity contribution >= 4 is 23.4 Å². The fraction of sp³-hybridized carbons (Fsp3) is 0.273. The summed E-state index contributed by atoms with van der Waals surface area (Å²) in [4.78, 5) is 25.3. The van der Waals surface area contributed by atoms with Gasteiger partial charge in [-0.2, -0.15) is 8.78 Å². The van der Waals surface area contributed by atoms with Crippen LogP contribution in [-0.2, 0) is 17.6 Å². The van der Waals surface area contributed by atoms with Crippen molar-refractivity contribution in [3.05, 3.63) is 70.1 Å². The molecule has 2 aromatic carbocycles. The number of methoxy groups -OCH3 is 1. The molecule has 0 unspecified atom stereocenters. The first-order valence-corrected chi connectivity index (χ1v) is 10.8. The Bertz CT molecular complexity index is 1150. The number of aromatic nitrogens is 2. The van der Waals surface area contributed by atoms with Crippen LogP contribution in [0, 0.1) is 6.92 Å². The van der Waals surface area contributed by atoms with Gasteiger partial charge < -0.3 is 14.8 Å². The molecule has 0 aliphatic heterocycles. The smallest absolute Gasteiger partial charge is 0.387 e. The molecule has 0 bridgehead atoms. The summed E-state index contributed by atoms with van der Waals surface area (Å²) in [5, 5.41) is 2.71. The number of hydrogen-bond acceptors (Lipinski definition) is 5. The monoisotopic (exact) mass is 463 g/mol. The molecule has 3 rings (SSSR count). The number of para-hydroxylation sites is 1. The highest BCUT2D eigenvalue weighted by Crippen LogP contribution is 2.30. The Labute approximate surface area is 187 Å². The van der Waals surface area contributed by atoms with Crippen molar-refractivity contribution in [2.75, 3.05) is 18.2 Å². The van der Waals surface area contributed by atoms with Crippen LogP contribution in [0.3, 0.4) is 0 Å². The number of carbonyl (C=O) groups excluding carboxylic acids is 1. The van der Waals surface area contributed by atoms with E-state index in [4.69, 9.17) is 4.74 Å². The second kappa shape index (κ2) is 10.4. The number of anilines is 1. The molecule has 1 heterocycles. The minimum atomic E-state index is -2.94. The van der Waals surface area contributed by atoms with Crippen LogP contribution in [0.1, 0.15) is 11.3 Å². The Kier molecular flexibility index (Phi) is 7.57. The molecule has 32 heavy (non-hydrogen) atoms. The third-order valence-electron chi connectivity index (χ3n) is 4.76. The van der Waals surface area contributed by atoms with E-state index in [-0.39, 0.29) is 34.4 Å². The molecule has 0 saturated carbocycles. The largest absolute Gasteiger partial charge is 0.493 e. The topological polar surface area (TPSA) is 74.5 Å². The minimum Gasteiger partial charge on any atom is -0.493 e. The molecule has 0 atom stereocenters. The Hall–Kier alpha value is -3.27. The van der Waals surface area contributed by atoms with Crippen LogP contribution in [0.15, 0.2) is 53.3 Å². The van der Waals surface area contributed by atoms with Gasteiger partial charge in [-0.25, -0.2) is 4.68 Å². The summed E-state index contributed by atoms with van der Waals surface area (Å²) < 4.78 is 37.5. The number of carbonyl (C=O) groups is 1. The third-order valence-corrected chi connectivity index (χ3v) is 5.77. The van der Waals surface area contributed by atoms with Gasteiger partial charge in [-0.15, -0.1) is 11.8 Å². The van der Waals surface area contributed by atoms with E-state index in [1.165, 1.54) is 29.6 Å². The minimum absolute atomic E-state index is 0.0526. The number of nitrogens with one attached hydrogen (secondary N) is 1. The SMILES string of the molecule is COc1cc(CSCC(=O)Nc2c(C)n(C)n(-c3ccccc3)c2=O)ccc1OC(F)F. The quantitative estimate of drug-likeness (QED) is 0.520. The number of halogens is 2. The molecule has 0 saturated heterocycles. The summed E-state index contributed by atoms with van der Waals surface area (Å²) in [5.74, 6) is 0.375. The van der Waals surface area contributed by atoms with Gasteiger partial charge in [0.05, 0.1) is 24.2 Å². The molecular weight excluding hydrogens is 440 g/mol. The van der Waals surface area contributed by atoms with E-state index >= 15 is 0 Å². The van der Waals surface area contributed by atoms with Crippen molar-refractivity contribution in [3.63, 3.8) is 0 Å². The lowest BCUT2D eigenvalue weighted by Gasteiger charge is -2.11. The van der Waals surface area contributed by atoms with E-state index in [2.05, 4.69) is 10.1 Å². The predicted octanol–water partition coefficient (Wildman–Crippen LogP) is 3.97. The number of benzene rings is 2. The molecule has 0 aliphatic rings. The van der Waals surface area contributed by atoms with Gasteiger partial charge in [0.15, 0.2) is 11.5 Å². The van der Waals surface area contributed by atoms with Gasteiger partial charge in [0, 0.05) is 12.8 Å². The lowest BCUT2D eigenvalue weighted by Crippen LogP contribution is -2.23. The zero-order chi connectivity index (χ0) is 23.3. The average Bonchev–Trinajstić information content (AvgIpc) is 2.98. The first-order valence-electron chi connectivity index (χ1n) is 9.65. The first-order chi connectivity index (χ1) is 15.3. The Morgan fingerprint density at radius 1 is 1.16 bits per heavy atom. The van der Waals surface area contributed by atoms with Crippen molar-refractivity contribution in [1.29, 1.82) is 0 Å². The van der Waals surface area contributed by atoms with Crippen LogP contribution in [-0.4, -0.2) is 34.7 Å². The van der Waals surface area contributed by atoms with Gasteiger partial charge in [-0.05, 0) is 36.8 Å². The summed E-state index contributed by atoms with van der Waals surface area (Å²) in [6.45, 7) is -1.18. The van der Waals surface area contributed by atoms with E-state index in [9.17, 15) is 18.4 Å². The predicted molar refractivity (Wildman–Crippen MR) is 120 cm³/mol. The summed E-state index contributed by atoms with van der Waals surface area (Å²) in [5.41, 5.74) is 2.04. The van der Waals surface area contributed by atoms with Crippen LogP contribution in [0.5, 0.6) is 11.5 Å².